The Kier molecular flexibility index (Phi) is 4.80. The number of halogens is 3. The average Bonchev–Trinajstić information content (AvgIpc) is 2.83. The summed E-state index contributed by atoms with van der Waals surface area (Å²) >= 11 is 0. The number of rotatable bonds is 2. The minimum absolute atomic E-state index is 0.0436. The summed E-state index contributed by atoms with van der Waals surface area (Å²) in [4.78, 5) is 11.9. The van der Waals surface area contributed by atoms with E-state index in [0.717, 1.165) is 25.7 Å². The monoisotopic (exact) mass is 436 g/mol. The minimum Gasteiger partial charge on any atom is -0.466 e. The molecular weight excluding hydrogens is 409 g/mol. The van der Waals surface area contributed by atoms with Crippen LogP contribution in [-0.2, 0) is 23.8 Å². The minimum atomic E-state index is -5.66. The van der Waals surface area contributed by atoms with Gasteiger partial charge in [-0.25, -0.2) is 0 Å². The van der Waals surface area contributed by atoms with Gasteiger partial charge in [-0.05, 0) is 73.7 Å². The van der Waals surface area contributed by atoms with E-state index in [1.807, 2.05) is 6.92 Å². The zero-order valence-corrected chi connectivity index (χ0v) is 17.4. The lowest BCUT2D eigenvalue weighted by Crippen LogP contribution is -2.51. The maximum absolute atomic E-state index is 12.8. The predicted octanol–water partition coefficient (Wildman–Crippen LogP) is 4.54. The van der Waals surface area contributed by atoms with Gasteiger partial charge in [0.2, 0.25) is 0 Å². The molecule has 0 amide bonds. The van der Waals surface area contributed by atoms with Crippen molar-refractivity contribution < 1.29 is 35.3 Å². The first-order valence-electron chi connectivity index (χ1n) is 10.3. The van der Waals surface area contributed by atoms with E-state index in [0.29, 0.717) is 31.8 Å². The number of cyclic esters (lactones) is 1. The van der Waals surface area contributed by atoms with E-state index in [9.17, 15) is 26.4 Å². The predicted molar refractivity (Wildman–Crippen MR) is 97.6 cm³/mol. The van der Waals surface area contributed by atoms with E-state index < -0.39 is 21.0 Å². The molecule has 9 heteroatoms. The fourth-order valence-corrected chi connectivity index (χ4v) is 7.32. The second-order valence-corrected chi connectivity index (χ2v) is 11.1. The summed E-state index contributed by atoms with van der Waals surface area (Å²) in [6.45, 7) is 4.48. The van der Waals surface area contributed by atoms with Crippen LogP contribution < -0.4 is 0 Å². The van der Waals surface area contributed by atoms with Gasteiger partial charge >= 0.3 is 21.6 Å². The Bertz CT molecular complexity index is 836. The molecule has 0 aromatic carbocycles. The summed E-state index contributed by atoms with van der Waals surface area (Å²) in [6, 6.07) is 0. The first-order chi connectivity index (χ1) is 13.4. The van der Waals surface area contributed by atoms with Crippen molar-refractivity contribution in [1.82, 2.24) is 0 Å². The van der Waals surface area contributed by atoms with E-state index in [2.05, 4.69) is 11.1 Å². The van der Waals surface area contributed by atoms with E-state index >= 15 is 0 Å². The SMILES string of the molecule is C[C@]12CCOC(=O)C[C@@H]1CC[C@@H]1[C@@H]2CC[C@]2(C)C(OS(=O)(=O)C(F)(F)F)=CC[C@@H]12. The van der Waals surface area contributed by atoms with E-state index in [-0.39, 0.29) is 34.9 Å². The molecule has 4 aliphatic rings. The van der Waals surface area contributed by atoms with E-state index in [4.69, 9.17) is 4.74 Å². The smallest absolute Gasteiger partial charge is 0.466 e. The maximum Gasteiger partial charge on any atom is 0.534 e. The van der Waals surface area contributed by atoms with Crippen LogP contribution in [0.2, 0.25) is 0 Å². The molecule has 3 aliphatic carbocycles. The van der Waals surface area contributed by atoms with Gasteiger partial charge in [-0.2, -0.15) is 21.6 Å². The molecule has 1 aliphatic heterocycles. The van der Waals surface area contributed by atoms with Crippen LogP contribution in [0.3, 0.4) is 0 Å². The highest BCUT2D eigenvalue weighted by molar-refractivity contribution is 7.87. The Balaban J connectivity index is 1.58. The van der Waals surface area contributed by atoms with Crippen molar-refractivity contribution in [1.29, 1.82) is 0 Å². The number of ether oxygens (including phenoxy) is 1. The van der Waals surface area contributed by atoms with Crippen molar-refractivity contribution in [2.24, 2.45) is 34.5 Å². The van der Waals surface area contributed by atoms with Crippen LogP contribution in [0.25, 0.3) is 0 Å². The fourth-order valence-electron chi connectivity index (χ4n) is 6.73. The molecule has 1 saturated heterocycles. The van der Waals surface area contributed by atoms with Crippen molar-refractivity contribution >= 4 is 16.1 Å². The Morgan fingerprint density at radius 3 is 2.55 bits per heavy atom. The molecule has 0 aromatic heterocycles. The van der Waals surface area contributed by atoms with Crippen molar-refractivity contribution in [3.05, 3.63) is 11.8 Å². The van der Waals surface area contributed by atoms with Crippen molar-refractivity contribution in [3.63, 3.8) is 0 Å². The number of carbonyl (C=O) groups excluding carboxylic acids is 1. The van der Waals surface area contributed by atoms with Crippen molar-refractivity contribution in [2.45, 2.75) is 64.3 Å². The third-order valence-electron chi connectivity index (χ3n) is 8.37. The standard InChI is InChI=1S/C20H27F3O5S/c1-18-9-10-27-17(24)11-12(18)3-4-13-14-5-6-16(19(14,2)8-7-15(13)18)28-29(25,26)20(21,22)23/h6,12-15H,3-5,7-11H2,1-2H3/t12-,13-,14-,15-,18-,19-/m0/s1. The molecule has 3 fully saturated rings. The van der Waals surface area contributed by atoms with Gasteiger partial charge in [0.15, 0.2) is 0 Å². The van der Waals surface area contributed by atoms with E-state index in [1.54, 1.807) is 6.08 Å². The second-order valence-electron chi connectivity index (χ2n) is 9.57. The van der Waals surface area contributed by atoms with Crippen molar-refractivity contribution in [3.8, 4) is 0 Å². The number of hydrogen-bond donors (Lipinski definition) is 0. The molecular formula is C20H27F3O5S. The first kappa shape index (κ1) is 21.0. The Morgan fingerprint density at radius 1 is 1.14 bits per heavy atom. The highest BCUT2D eigenvalue weighted by Crippen LogP contribution is 2.65. The molecule has 29 heavy (non-hydrogen) atoms. The highest BCUT2D eigenvalue weighted by Gasteiger charge is 2.60. The van der Waals surface area contributed by atoms with Gasteiger partial charge in [0.05, 0.1) is 6.61 Å². The Morgan fingerprint density at radius 2 is 1.86 bits per heavy atom. The molecule has 5 nitrogen and oxygen atoms in total. The highest BCUT2D eigenvalue weighted by atomic mass is 32.2. The van der Waals surface area contributed by atoms with Crippen LogP contribution in [-0.4, -0.2) is 26.5 Å². The number of alkyl halides is 3. The number of hydrogen-bond acceptors (Lipinski definition) is 5. The number of fused-ring (bicyclic) bond motifs is 5. The van der Waals surface area contributed by atoms with Gasteiger partial charge in [0.25, 0.3) is 0 Å². The molecule has 1 heterocycles. The zero-order valence-electron chi connectivity index (χ0n) is 16.6. The Labute approximate surface area is 169 Å². The summed E-state index contributed by atoms with van der Waals surface area (Å²) in [7, 11) is -5.66. The number of allylic oxidation sites excluding steroid dienone is 2. The topological polar surface area (TPSA) is 69.7 Å². The van der Waals surface area contributed by atoms with Gasteiger partial charge in [0.1, 0.15) is 5.76 Å². The summed E-state index contributed by atoms with van der Waals surface area (Å²) in [6.07, 6.45) is 6.44. The molecule has 4 rings (SSSR count). The summed E-state index contributed by atoms with van der Waals surface area (Å²) in [5.74, 6) is 0.740. The summed E-state index contributed by atoms with van der Waals surface area (Å²) < 4.78 is 71.6. The first-order valence-corrected chi connectivity index (χ1v) is 11.7. The molecule has 0 radical (unpaired) electrons. The second kappa shape index (κ2) is 6.62. The summed E-state index contributed by atoms with van der Waals surface area (Å²) in [5.41, 5.74) is -6.18. The lowest BCUT2D eigenvalue weighted by molar-refractivity contribution is -0.143. The molecule has 0 N–H and O–H groups in total. The third kappa shape index (κ3) is 3.18. The van der Waals surface area contributed by atoms with Crippen LogP contribution in [0.1, 0.15) is 58.8 Å². The largest absolute Gasteiger partial charge is 0.534 e. The van der Waals surface area contributed by atoms with E-state index in [1.165, 1.54) is 0 Å². The van der Waals surface area contributed by atoms with Gasteiger partial charge in [-0.1, -0.05) is 13.8 Å². The lowest BCUT2D eigenvalue weighted by atomic mass is 9.46. The molecule has 2 saturated carbocycles. The van der Waals surface area contributed by atoms with Gasteiger partial charge in [0, 0.05) is 11.8 Å². The lowest BCUT2D eigenvalue weighted by Gasteiger charge is -2.58. The number of carbonyl (C=O) groups is 1. The van der Waals surface area contributed by atoms with Gasteiger partial charge < -0.3 is 8.92 Å². The molecule has 0 bridgehead atoms. The van der Waals surface area contributed by atoms with Crippen LogP contribution >= 0.6 is 0 Å². The molecule has 0 unspecified atom stereocenters. The Hall–Kier alpha value is -1.25. The van der Waals surface area contributed by atoms with Crippen LogP contribution in [0.15, 0.2) is 11.8 Å². The van der Waals surface area contributed by atoms with Crippen LogP contribution in [0.4, 0.5) is 13.2 Å². The third-order valence-corrected chi connectivity index (χ3v) is 9.34. The molecule has 6 atom stereocenters. The molecule has 0 aromatic rings. The fraction of sp³-hybridized carbons (Fsp3) is 0.850. The normalized spacial score (nSPS) is 42.7. The summed E-state index contributed by atoms with van der Waals surface area (Å²) in [5, 5.41) is 0. The van der Waals surface area contributed by atoms with Gasteiger partial charge in [-0.3, -0.25) is 4.79 Å². The number of esters is 1. The van der Waals surface area contributed by atoms with Crippen LogP contribution in [0, 0.1) is 34.5 Å². The maximum atomic E-state index is 12.8. The van der Waals surface area contributed by atoms with Crippen molar-refractivity contribution in [2.75, 3.05) is 6.61 Å². The molecule has 0 spiro atoms. The molecule has 164 valence electrons. The van der Waals surface area contributed by atoms with Gasteiger partial charge in [-0.15, -0.1) is 0 Å². The van der Waals surface area contributed by atoms with Crippen LogP contribution in [0.5, 0.6) is 0 Å². The average molecular weight is 436 g/mol. The quantitative estimate of drug-likeness (QED) is 0.361. The zero-order chi connectivity index (χ0) is 21.2.